The fraction of sp³-hybridized carbons (Fsp3) is 0.667. The van der Waals surface area contributed by atoms with Gasteiger partial charge in [0.1, 0.15) is 11.6 Å². The maximum absolute atomic E-state index is 14.1. The Morgan fingerprint density at radius 3 is 2.53 bits per heavy atom. The van der Waals surface area contributed by atoms with Crippen molar-refractivity contribution >= 4 is 16.3 Å². The molecule has 0 bridgehead atoms. The Labute approximate surface area is 187 Å². The molecule has 1 heterocycles. The number of carbonyl (C=O) groups is 1. The molecule has 2 N–H and O–H groups in total. The molecule has 0 radical (unpaired) electrons. The highest BCUT2D eigenvalue weighted by Crippen LogP contribution is 2.36. The fourth-order valence-electron chi connectivity index (χ4n) is 4.76. The van der Waals surface area contributed by atoms with Crippen LogP contribution in [0, 0.1) is 11.6 Å². The lowest BCUT2D eigenvalue weighted by atomic mass is 9.82. The Bertz CT molecular complexity index is 909. The zero-order chi connectivity index (χ0) is 23.5. The molecule has 1 amide bonds. The largest absolute Gasteiger partial charge is 0.453 e. The number of hydrogen-bond donors (Lipinski definition) is 2. The van der Waals surface area contributed by atoms with Gasteiger partial charge in [0, 0.05) is 19.1 Å². The molecule has 3 rings (SSSR count). The molecule has 32 heavy (non-hydrogen) atoms. The Kier molecular flexibility index (Phi) is 8.07. The summed E-state index contributed by atoms with van der Waals surface area (Å²) in [6, 6.07) is 2.24. The zero-order valence-electron chi connectivity index (χ0n) is 18.5. The standard InChI is InChI=1S/C21H31F2N3O5S/c1-13-10-19(25-32(28,29)24-2)20(26(13)21(27)30-3)12-31-16-7-4-14(5-8-16)17-11-15(22)6-9-18(17)23/h6,9,11,13-14,16,19-20,24-25H,4-5,7-8,10,12H2,1-3H3/t13-,14?,16?,19+,20+/m1/s1. The smallest absolute Gasteiger partial charge is 0.410 e. The summed E-state index contributed by atoms with van der Waals surface area (Å²) in [6.07, 6.45) is 2.41. The Hall–Kier alpha value is -1.82. The molecule has 1 aliphatic carbocycles. The monoisotopic (exact) mass is 475 g/mol. The molecule has 1 saturated carbocycles. The van der Waals surface area contributed by atoms with Gasteiger partial charge >= 0.3 is 6.09 Å². The van der Waals surface area contributed by atoms with Gasteiger partial charge in [0.25, 0.3) is 10.2 Å². The quantitative estimate of drug-likeness (QED) is 0.632. The molecule has 180 valence electrons. The van der Waals surface area contributed by atoms with Crippen LogP contribution in [0.4, 0.5) is 13.6 Å². The summed E-state index contributed by atoms with van der Waals surface area (Å²) in [5.41, 5.74) is 0.395. The van der Waals surface area contributed by atoms with Crippen LogP contribution in [0.2, 0.25) is 0 Å². The van der Waals surface area contributed by atoms with Gasteiger partial charge in [0.2, 0.25) is 0 Å². The minimum Gasteiger partial charge on any atom is -0.453 e. The number of methoxy groups -OCH3 is 1. The highest BCUT2D eigenvalue weighted by atomic mass is 32.2. The van der Waals surface area contributed by atoms with E-state index in [4.69, 9.17) is 9.47 Å². The number of rotatable bonds is 7. The normalized spacial score (nSPS) is 28.7. The number of benzene rings is 1. The predicted molar refractivity (Wildman–Crippen MR) is 114 cm³/mol. The molecule has 0 spiro atoms. The van der Waals surface area contributed by atoms with E-state index in [1.165, 1.54) is 25.1 Å². The molecule has 11 heteroatoms. The van der Waals surface area contributed by atoms with Gasteiger partial charge in [-0.3, -0.25) is 4.90 Å². The highest BCUT2D eigenvalue weighted by Gasteiger charge is 2.44. The topological polar surface area (TPSA) is 97.0 Å². The Morgan fingerprint density at radius 1 is 1.22 bits per heavy atom. The number of halogens is 2. The molecule has 0 aromatic heterocycles. The maximum Gasteiger partial charge on any atom is 0.410 e. The number of ether oxygens (including phenoxy) is 2. The van der Waals surface area contributed by atoms with E-state index in [1.807, 2.05) is 6.92 Å². The summed E-state index contributed by atoms with van der Waals surface area (Å²) < 4.78 is 67.4. The van der Waals surface area contributed by atoms with Crippen molar-refractivity contribution in [2.75, 3.05) is 20.8 Å². The molecule has 2 aliphatic rings. The lowest BCUT2D eigenvalue weighted by Crippen LogP contribution is -2.52. The van der Waals surface area contributed by atoms with Crippen molar-refractivity contribution in [2.45, 2.75) is 69.2 Å². The van der Waals surface area contributed by atoms with Crippen molar-refractivity contribution in [3.63, 3.8) is 0 Å². The van der Waals surface area contributed by atoms with E-state index in [-0.39, 0.29) is 24.7 Å². The van der Waals surface area contributed by atoms with Gasteiger partial charge in [-0.05, 0) is 68.7 Å². The number of amides is 1. The minimum absolute atomic E-state index is 0.0705. The SMILES string of the molecule is CNS(=O)(=O)N[C@H]1C[C@@H](C)N(C(=O)OC)[C@H]1COC1CCC(c2cc(F)ccc2F)CC1. The summed E-state index contributed by atoms with van der Waals surface area (Å²) >= 11 is 0. The third kappa shape index (κ3) is 5.75. The first-order chi connectivity index (χ1) is 15.1. The van der Waals surface area contributed by atoms with Crippen molar-refractivity contribution in [2.24, 2.45) is 0 Å². The van der Waals surface area contributed by atoms with Crippen LogP contribution in [0.5, 0.6) is 0 Å². The molecule has 2 fully saturated rings. The van der Waals surface area contributed by atoms with Gasteiger partial charge in [-0.2, -0.15) is 13.1 Å². The van der Waals surface area contributed by atoms with E-state index in [0.717, 1.165) is 12.1 Å². The van der Waals surface area contributed by atoms with Crippen LogP contribution in [0.3, 0.4) is 0 Å². The van der Waals surface area contributed by atoms with Crippen molar-refractivity contribution in [1.29, 1.82) is 0 Å². The molecule has 0 unspecified atom stereocenters. The van der Waals surface area contributed by atoms with Crippen LogP contribution in [0.1, 0.15) is 50.5 Å². The van der Waals surface area contributed by atoms with E-state index in [9.17, 15) is 22.0 Å². The number of carbonyl (C=O) groups excluding carboxylic acids is 1. The molecule has 1 aromatic rings. The van der Waals surface area contributed by atoms with Gasteiger partial charge in [0.05, 0.1) is 25.9 Å². The molecule has 3 atom stereocenters. The van der Waals surface area contributed by atoms with E-state index in [1.54, 1.807) is 0 Å². The molecule has 1 aliphatic heterocycles. The van der Waals surface area contributed by atoms with E-state index in [0.29, 0.717) is 37.7 Å². The minimum atomic E-state index is -3.70. The first-order valence-corrected chi connectivity index (χ1v) is 12.3. The first kappa shape index (κ1) is 24.8. The summed E-state index contributed by atoms with van der Waals surface area (Å²) in [5, 5.41) is 0. The lowest BCUT2D eigenvalue weighted by Gasteiger charge is -2.33. The fourth-order valence-corrected chi connectivity index (χ4v) is 5.53. The third-order valence-corrected chi connectivity index (χ3v) is 7.58. The highest BCUT2D eigenvalue weighted by molar-refractivity contribution is 7.87. The summed E-state index contributed by atoms with van der Waals surface area (Å²) in [4.78, 5) is 13.8. The molecular weight excluding hydrogens is 444 g/mol. The average molecular weight is 476 g/mol. The Morgan fingerprint density at radius 2 is 1.91 bits per heavy atom. The third-order valence-electron chi connectivity index (χ3n) is 6.43. The predicted octanol–water partition coefficient (Wildman–Crippen LogP) is 2.66. The summed E-state index contributed by atoms with van der Waals surface area (Å²) in [7, 11) is -1.11. The number of nitrogens with one attached hydrogen (secondary N) is 2. The van der Waals surface area contributed by atoms with Crippen molar-refractivity contribution in [3.05, 3.63) is 35.4 Å². The number of likely N-dealkylation sites (tertiary alicyclic amines) is 1. The summed E-state index contributed by atoms with van der Waals surface area (Å²) in [5.74, 6) is -0.920. The second kappa shape index (κ2) is 10.4. The lowest BCUT2D eigenvalue weighted by molar-refractivity contribution is -0.00874. The van der Waals surface area contributed by atoms with Gasteiger partial charge < -0.3 is 9.47 Å². The second-order valence-corrected chi connectivity index (χ2v) is 10.1. The molecule has 1 aromatic carbocycles. The van der Waals surface area contributed by atoms with Crippen LogP contribution < -0.4 is 9.44 Å². The number of nitrogens with zero attached hydrogens (tertiary/aromatic N) is 1. The van der Waals surface area contributed by atoms with Crippen LogP contribution in [0.15, 0.2) is 18.2 Å². The second-order valence-electron chi connectivity index (χ2n) is 8.43. The van der Waals surface area contributed by atoms with Crippen LogP contribution >= 0.6 is 0 Å². The number of hydrogen-bond acceptors (Lipinski definition) is 5. The molecule has 8 nitrogen and oxygen atoms in total. The van der Waals surface area contributed by atoms with Gasteiger partial charge in [-0.15, -0.1) is 0 Å². The van der Waals surface area contributed by atoms with Gasteiger partial charge in [-0.25, -0.2) is 18.3 Å². The van der Waals surface area contributed by atoms with E-state index < -0.39 is 40.0 Å². The maximum atomic E-state index is 14.1. The van der Waals surface area contributed by atoms with Gasteiger partial charge in [-0.1, -0.05) is 0 Å². The van der Waals surface area contributed by atoms with Gasteiger partial charge in [0.15, 0.2) is 0 Å². The molecular formula is C21H31F2N3O5S. The Balaban J connectivity index is 1.62. The first-order valence-electron chi connectivity index (χ1n) is 10.8. The van der Waals surface area contributed by atoms with Crippen LogP contribution in [0.25, 0.3) is 0 Å². The molecule has 1 saturated heterocycles. The summed E-state index contributed by atoms with van der Waals surface area (Å²) in [6.45, 7) is 1.97. The average Bonchev–Trinajstić information content (AvgIpc) is 3.07. The van der Waals surface area contributed by atoms with Crippen molar-refractivity contribution in [1.82, 2.24) is 14.3 Å². The van der Waals surface area contributed by atoms with Crippen molar-refractivity contribution < 1.29 is 31.5 Å². The zero-order valence-corrected chi connectivity index (χ0v) is 19.3. The van der Waals surface area contributed by atoms with Crippen molar-refractivity contribution in [3.8, 4) is 0 Å². The van der Waals surface area contributed by atoms with Crippen LogP contribution in [-0.2, 0) is 19.7 Å². The van der Waals surface area contributed by atoms with E-state index in [2.05, 4.69) is 9.44 Å². The van der Waals surface area contributed by atoms with E-state index >= 15 is 0 Å². The van der Waals surface area contributed by atoms with Crippen LogP contribution in [-0.4, -0.2) is 64.4 Å².